The number of nitrogens with one attached hydrogen (secondary N) is 1. The van der Waals surface area contributed by atoms with Crippen molar-refractivity contribution in [2.24, 2.45) is 0 Å². The average Bonchev–Trinajstić information content (AvgIpc) is 2.98. The summed E-state index contributed by atoms with van der Waals surface area (Å²) in [4.78, 5) is 9.80. The fourth-order valence-electron chi connectivity index (χ4n) is 2.18. The maximum Gasteiger partial charge on any atom is 0.138 e. The molecule has 1 aliphatic rings. The van der Waals surface area contributed by atoms with Gasteiger partial charge in [0, 0.05) is 18.7 Å². The summed E-state index contributed by atoms with van der Waals surface area (Å²) in [6.07, 6.45) is 2.46. The van der Waals surface area contributed by atoms with Gasteiger partial charge >= 0.3 is 0 Å². The molecule has 2 heterocycles. The Labute approximate surface area is 99.9 Å². The van der Waals surface area contributed by atoms with Crippen LogP contribution in [0.4, 0.5) is 5.82 Å². The van der Waals surface area contributed by atoms with E-state index in [9.17, 15) is 5.11 Å². The Hall–Kier alpha value is -1.81. The molecule has 0 amide bonds. The van der Waals surface area contributed by atoms with Crippen LogP contribution in [0.5, 0.6) is 0 Å². The molecule has 0 aliphatic carbocycles. The summed E-state index contributed by atoms with van der Waals surface area (Å²) in [6.45, 7) is 1.58. The third kappa shape index (κ3) is 2.03. The second kappa shape index (κ2) is 4.22. The lowest BCUT2D eigenvalue weighted by Gasteiger charge is -2.14. The van der Waals surface area contributed by atoms with Crippen molar-refractivity contribution < 1.29 is 5.11 Å². The second-order valence-electron chi connectivity index (χ2n) is 4.37. The number of nitrogens with zero attached hydrogens (tertiary/aromatic N) is 2. The summed E-state index contributed by atoms with van der Waals surface area (Å²) in [5.74, 6) is 1.86. The lowest BCUT2D eigenvalue weighted by molar-refractivity contribution is 0.198. The topological polar surface area (TPSA) is 52.1 Å². The van der Waals surface area contributed by atoms with Gasteiger partial charge < -0.3 is 15.0 Å². The zero-order chi connectivity index (χ0) is 11.7. The molecule has 4 heteroatoms. The van der Waals surface area contributed by atoms with Gasteiger partial charge in [0.15, 0.2) is 0 Å². The van der Waals surface area contributed by atoms with Gasteiger partial charge in [-0.3, -0.25) is 0 Å². The summed E-state index contributed by atoms with van der Waals surface area (Å²) in [6, 6.07) is 10.0. The molecule has 88 valence electrons. The molecule has 0 radical (unpaired) electrons. The summed E-state index contributed by atoms with van der Waals surface area (Å²) in [7, 11) is 0. The number of imidazole rings is 1. The van der Waals surface area contributed by atoms with E-state index in [4.69, 9.17) is 0 Å². The predicted octanol–water partition coefficient (Wildman–Crippen LogP) is 1.65. The van der Waals surface area contributed by atoms with Crippen molar-refractivity contribution >= 4 is 5.82 Å². The number of hydrogen-bond donors (Lipinski definition) is 2. The lowest BCUT2D eigenvalue weighted by atomic mass is 10.2. The quantitative estimate of drug-likeness (QED) is 0.823. The molecule has 2 N–H and O–H groups in total. The molecule has 1 saturated heterocycles. The van der Waals surface area contributed by atoms with E-state index in [1.807, 2.05) is 36.5 Å². The SMILES string of the molecule is OC1CCN(c2cnc(-c3ccccc3)[nH]2)C1. The van der Waals surface area contributed by atoms with Crippen molar-refractivity contribution in [3.8, 4) is 11.4 Å². The van der Waals surface area contributed by atoms with Gasteiger partial charge in [0.1, 0.15) is 11.6 Å². The third-order valence-corrected chi connectivity index (χ3v) is 3.11. The van der Waals surface area contributed by atoms with Gasteiger partial charge in [-0.1, -0.05) is 30.3 Å². The van der Waals surface area contributed by atoms with E-state index in [2.05, 4.69) is 14.9 Å². The number of hydrogen-bond acceptors (Lipinski definition) is 3. The maximum absolute atomic E-state index is 9.51. The van der Waals surface area contributed by atoms with E-state index >= 15 is 0 Å². The van der Waals surface area contributed by atoms with Gasteiger partial charge in [0.2, 0.25) is 0 Å². The number of β-amino-alcohol motifs (C(OH)–C–C–N with tert-alkyl or cyclic N) is 1. The molecule has 3 rings (SSSR count). The molecule has 17 heavy (non-hydrogen) atoms. The first-order chi connectivity index (χ1) is 8.33. The number of aromatic nitrogens is 2. The van der Waals surface area contributed by atoms with E-state index in [0.29, 0.717) is 6.54 Å². The van der Waals surface area contributed by atoms with E-state index in [0.717, 1.165) is 30.2 Å². The summed E-state index contributed by atoms with van der Waals surface area (Å²) >= 11 is 0. The van der Waals surface area contributed by atoms with E-state index in [1.54, 1.807) is 0 Å². The first-order valence-corrected chi connectivity index (χ1v) is 5.86. The molecule has 0 spiro atoms. The van der Waals surface area contributed by atoms with Crippen molar-refractivity contribution in [3.05, 3.63) is 36.5 Å². The highest BCUT2D eigenvalue weighted by Gasteiger charge is 2.21. The lowest BCUT2D eigenvalue weighted by Crippen LogP contribution is -2.21. The Morgan fingerprint density at radius 3 is 2.82 bits per heavy atom. The molecule has 2 aromatic rings. The molecule has 1 aromatic carbocycles. The minimum Gasteiger partial charge on any atom is -0.391 e. The van der Waals surface area contributed by atoms with E-state index < -0.39 is 0 Å². The monoisotopic (exact) mass is 229 g/mol. The number of aliphatic hydroxyl groups is 1. The largest absolute Gasteiger partial charge is 0.391 e. The standard InChI is InChI=1S/C13H15N3O/c17-11-6-7-16(9-11)12-8-14-13(15-12)10-4-2-1-3-5-10/h1-5,8,11,17H,6-7,9H2,(H,14,15). The molecule has 0 bridgehead atoms. The molecular formula is C13H15N3O. The summed E-state index contributed by atoms with van der Waals surface area (Å²) in [5.41, 5.74) is 1.08. The Kier molecular flexibility index (Phi) is 2.57. The molecule has 1 aromatic heterocycles. The van der Waals surface area contributed by atoms with Gasteiger partial charge in [-0.15, -0.1) is 0 Å². The molecule has 1 atom stereocenters. The van der Waals surface area contributed by atoms with Crippen LogP contribution in [-0.2, 0) is 0 Å². The zero-order valence-corrected chi connectivity index (χ0v) is 9.50. The van der Waals surface area contributed by atoms with Crippen molar-refractivity contribution in [1.82, 2.24) is 9.97 Å². The van der Waals surface area contributed by atoms with Gasteiger partial charge in [0.05, 0.1) is 12.3 Å². The molecule has 1 unspecified atom stereocenters. The highest BCUT2D eigenvalue weighted by atomic mass is 16.3. The molecule has 1 fully saturated rings. The first kappa shape index (κ1) is 10.4. The van der Waals surface area contributed by atoms with Crippen molar-refractivity contribution in [1.29, 1.82) is 0 Å². The van der Waals surface area contributed by atoms with Gasteiger partial charge in [0.25, 0.3) is 0 Å². The summed E-state index contributed by atoms with van der Waals surface area (Å²) in [5, 5.41) is 9.51. The van der Waals surface area contributed by atoms with Crippen LogP contribution < -0.4 is 4.90 Å². The van der Waals surface area contributed by atoms with Crippen molar-refractivity contribution in [3.63, 3.8) is 0 Å². The minimum absolute atomic E-state index is 0.210. The van der Waals surface area contributed by atoms with Gasteiger partial charge in [-0.25, -0.2) is 4.98 Å². The Bertz CT molecular complexity index is 494. The van der Waals surface area contributed by atoms with Crippen LogP contribution in [0.1, 0.15) is 6.42 Å². The first-order valence-electron chi connectivity index (χ1n) is 5.86. The number of anilines is 1. The number of benzene rings is 1. The molecule has 1 aliphatic heterocycles. The molecular weight excluding hydrogens is 214 g/mol. The maximum atomic E-state index is 9.51. The number of rotatable bonds is 2. The van der Waals surface area contributed by atoms with Crippen molar-refractivity contribution in [2.45, 2.75) is 12.5 Å². The van der Waals surface area contributed by atoms with Crippen molar-refractivity contribution in [2.75, 3.05) is 18.0 Å². The van der Waals surface area contributed by atoms with Crippen LogP contribution in [0.3, 0.4) is 0 Å². The fourth-order valence-corrected chi connectivity index (χ4v) is 2.18. The highest BCUT2D eigenvalue weighted by Crippen LogP contribution is 2.22. The average molecular weight is 229 g/mol. The normalized spacial score (nSPS) is 19.8. The predicted molar refractivity (Wildman–Crippen MR) is 66.9 cm³/mol. The Morgan fingerprint density at radius 1 is 1.29 bits per heavy atom. The second-order valence-corrected chi connectivity index (χ2v) is 4.37. The smallest absolute Gasteiger partial charge is 0.138 e. The number of aliphatic hydroxyl groups excluding tert-OH is 1. The van der Waals surface area contributed by atoms with Crippen LogP contribution in [-0.4, -0.2) is 34.3 Å². The van der Waals surface area contributed by atoms with E-state index in [1.165, 1.54) is 0 Å². The molecule has 0 saturated carbocycles. The number of aromatic amines is 1. The molecule has 4 nitrogen and oxygen atoms in total. The van der Waals surface area contributed by atoms with Crippen LogP contribution in [0.2, 0.25) is 0 Å². The van der Waals surface area contributed by atoms with Crippen LogP contribution in [0, 0.1) is 0 Å². The number of H-pyrrole nitrogens is 1. The Balaban J connectivity index is 1.84. The van der Waals surface area contributed by atoms with Gasteiger partial charge in [-0.2, -0.15) is 0 Å². The van der Waals surface area contributed by atoms with Crippen LogP contribution in [0.25, 0.3) is 11.4 Å². The minimum atomic E-state index is -0.210. The van der Waals surface area contributed by atoms with Crippen LogP contribution in [0.15, 0.2) is 36.5 Å². The highest BCUT2D eigenvalue weighted by molar-refractivity contribution is 5.58. The third-order valence-electron chi connectivity index (χ3n) is 3.11. The van der Waals surface area contributed by atoms with Crippen LogP contribution >= 0.6 is 0 Å². The zero-order valence-electron chi connectivity index (χ0n) is 9.50. The van der Waals surface area contributed by atoms with Gasteiger partial charge in [-0.05, 0) is 6.42 Å². The summed E-state index contributed by atoms with van der Waals surface area (Å²) < 4.78 is 0. The van der Waals surface area contributed by atoms with E-state index in [-0.39, 0.29) is 6.10 Å². The Morgan fingerprint density at radius 2 is 2.12 bits per heavy atom. The fraction of sp³-hybridized carbons (Fsp3) is 0.308.